The summed E-state index contributed by atoms with van der Waals surface area (Å²) in [7, 11) is 0. The van der Waals surface area contributed by atoms with Gasteiger partial charge in [-0.3, -0.25) is 4.79 Å². The van der Waals surface area contributed by atoms with Crippen LogP contribution in [-0.4, -0.2) is 28.7 Å². The average Bonchev–Trinajstić information content (AvgIpc) is 3.00. The molecule has 3 rings (SSSR count). The molecule has 2 bridgehead atoms. The molecule has 0 saturated heterocycles. The Kier molecular flexibility index (Phi) is 4.90. The Morgan fingerprint density at radius 1 is 1.16 bits per heavy atom. The van der Waals surface area contributed by atoms with Gasteiger partial charge in [-0.25, -0.2) is 0 Å². The van der Waals surface area contributed by atoms with E-state index in [0.29, 0.717) is 18.1 Å². The van der Waals surface area contributed by atoms with Crippen LogP contribution in [-0.2, 0) is 4.79 Å². The summed E-state index contributed by atoms with van der Waals surface area (Å²) in [5, 5.41) is 21.6. The Labute approximate surface area is 153 Å². The molecule has 25 heavy (non-hydrogen) atoms. The SMILES string of the molecule is CC[C@@H]1CC[C@@]23CCC(CO)C2[C@]1(C)[C@H](O)C[C@@](C)(CC)C(=O)[C@@H]3C. The first kappa shape index (κ1) is 19.4. The first-order valence-electron chi connectivity index (χ1n) is 10.5. The van der Waals surface area contributed by atoms with Gasteiger partial charge in [0, 0.05) is 23.4 Å². The second-order valence-electron chi connectivity index (χ2n) is 9.92. The topological polar surface area (TPSA) is 57.5 Å². The highest BCUT2D eigenvalue weighted by atomic mass is 16.3. The molecule has 0 aliphatic heterocycles. The highest BCUT2D eigenvalue weighted by Crippen LogP contribution is 2.69. The van der Waals surface area contributed by atoms with Crippen LogP contribution < -0.4 is 0 Å². The van der Waals surface area contributed by atoms with Crippen LogP contribution in [0.2, 0.25) is 0 Å². The minimum absolute atomic E-state index is 0.0251. The van der Waals surface area contributed by atoms with E-state index in [2.05, 4.69) is 34.6 Å². The monoisotopic (exact) mass is 350 g/mol. The lowest BCUT2D eigenvalue weighted by Crippen LogP contribution is -2.62. The molecule has 0 heterocycles. The molecule has 8 atom stereocenters. The molecule has 2 N–H and O–H groups in total. The third kappa shape index (κ3) is 2.41. The van der Waals surface area contributed by atoms with Crippen LogP contribution in [0.25, 0.3) is 0 Å². The number of aliphatic hydroxyl groups excluding tert-OH is 2. The lowest BCUT2D eigenvalue weighted by Gasteiger charge is -2.62. The number of hydrogen-bond acceptors (Lipinski definition) is 3. The van der Waals surface area contributed by atoms with Gasteiger partial charge >= 0.3 is 0 Å². The Morgan fingerprint density at radius 2 is 1.80 bits per heavy atom. The molecule has 0 aromatic rings. The summed E-state index contributed by atoms with van der Waals surface area (Å²) in [6.45, 7) is 11.0. The molecule has 0 radical (unpaired) electrons. The Morgan fingerprint density at radius 3 is 2.36 bits per heavy atom. The van der Waals surface area contributed by atoms with E-state index in [1.807, 2.05) is 0 Å². The van der Waals surface area contributed by atoms with Crippen LogP contribution in [0.3, 0.4) is 0 Å². The molecular formula is C22H38O3. The molecule has 3 nitrogen and oxygen atoms in total. The van der Waals surface area contributed by atoms with Crippen molar-refractivity contribution in [1.82, 2.24) is 0 Å². The van der Waals surface area contributed by atoms with Crippen LogP contribution >= 0.6 is 0 Å². The second-order valence-corrected chi connectivity index (χ2v) is 9.92. The summed E-state index contributed by atoms with van der Waals surface area (Å²) in [4.78, 5) is 13.5. The molecule has 0 amide bonds. The van der Waals surface area contributed by atoms with E-state index < -0.39 is 11.5 Å². The standard InChI is InChI=1S/C22H38O3/c1-6-16-9-11-22-10-8-15(13-23)18(22)21(16,5)17(24)12-20(4,7-2)19(25)14(22)3/h14-18,23-24H,6-13H2,1-5H3/t14-,15?,16+,17+,18?,20+,21-,22+/m0/s1. The zero-order chi connectivity index (χ0) is 18.6. The molecule has 3 heteroatoms. The fraction of sp³-hybridized carbons (Fsp3) is 0.955. The van der Waals surface area contributed by atoms with E-state index in [-0.39, 0.29) is 35.2 Å². The largest absolute Gasteiger partial charge is 0.396 e. The van der Waals surface area contributed by atoms with E-state index >= 15 is 0 Å². The summed E-state index contributed by atoms with van der Waals surface area (Å²) in [5.41, 5.74) is -0.643. The quantitative estimate of drug-likeness (QED) is 0.802. The number of Topliss-reactive ketones (excluding diaryl/α,β-unsaturated/α-hetero) is 1. The lowest BCUT2D eigenvalue weighted by atomic mass is 9.42. The van der Waals surface area contributed by atoms with Crippen molar-refractivity contribution in [2.45, 2.75) is 85.7 Å². The van der Waals surface area contributed by atoms with Crippen LogP contribution in [0.15, 0.2) is 0 Å². The van der Waals surface area contributed by atoms with Crippen LogP contribution in [0.1, 0.15) is 79.6 Å². The Bertz CT molecular complexity index is 531. The predicted octanol–water partition coefficient (Wildman–Crippen LogP) is 4.20. The lowest BCUT2D eigenvalue weighted by molar-refractivity contribution is -0.187. The summed E-state index contributed by atoms with van der Waals surface area (Å²) in [5.74, 6) is 1.36. The van der Waals surface area contributed by atoms with Gasteiger partial charge < -0.3 is 10.2 Å². The summed E-state index contributed by atoms with van der Waals surface area (Å²) >= 11 is 0. The fourth-order valence-electron chi connectivity index (χ4n) is 7.53. The molecule has 3 saturated carbocycles. The maximum absolute atomic E-state index is 13.5. The van der Waals surface area contributed by atoms with Crippen molar-refractivity contribution in [2.24, 2.45) is 39.9 Å². The highest BCUT2D eigenvalue weighted by Gasteiger charge is 2.67. The number of hydrogen-bond donors (Lipinski definition) is 2. The smallest absolute Gasteiger partial charge is 0.142 e. The van der Waals surface area contributed by atoms with Crippen molar-refractivity contribution in [3.63, 3.8) is 0 Å². The van der Waals surface area contributed by atoms with Crippen LogP contribution in [0, 0.1) is 39.9 Å². The normalized spacial score (nSPS) is 53.2. The van der Waals surface area contributed by atoms with Crippen molar-refractivity contribution < 1.29 is 15.0 Å². The average molecular weight is 351 g/mol. The number of carbonyl (C=O) groups excluding carboxylic acids is 1. The summed E-state index contributed by atoms with van der Waals surface area (Å²) < 4.78 is 0. The van der Waals surface area contributed by atoms with Crippen LogP contribution in [0.5, 0.6) is 0 Å². The number of aliphatic hydroxyl groups is 2. The molecule has 3 fully saturated rings. The maximum Gasteiger partial charge on any atom is 0.142 e. The van der Waals surface area contributed by atoms with Gasteiger partial charge in [0.15, 0.2) is 0 Å². The summed E-state index contributed by atoms with van der Waals surface area (Å²) in [6, 6.07) is 0. The number of carbonyl (C=O) groups is 1. The fourth-order valence-corrected chi connectivity index (χ4v) is 7.53. The van der Waals surface area contributed by atoms with Crippen molar-refractivity contribution in [3.8, 4) is 0 Å². The molecule has 144 valence electrons. The van der Waals surface area contributed by atoms with E-state index in [1.165, 1.54) is 0 Å². The van der Waals surface area contributed by atoms with Gasteiger partial charge in [0.05, 0.1) is 6.10 Å². The van der Waals surface area contributed by atoms with Gasteiger partial charge in [-0.15, -0.1) is 0 Å². The molecule has 0 spiro atoms. The van der Waals surface area contributed by atoms with Gasteiger partial charge in [0.25, 0.3) is 0 Å². The number of ketones is 1. The zero-order valence-corrected chi connectivity index (χ0v) is 16.8. The second kappa shape index (κ2) is 6.34. The highest BCUT2D eigenvalue weighted by molar-refractivity contribution is 5.87. The Hall–Kier alpha value is -0.410. The van der Waals surface area contributed by atoms with Crippen LogP contribution in [0.4, 0.5) is 0 Å². The van der Waals surface area contributed by atoms with E-state index in [9.17, 15) is 15.0 Å². The van der Waals surface area contributed by atoms with Gasteiger partial charge in [-0.2, -0.15) is 0 Å². The van der Waals surface area contributed by atoms with Crippen molar-refractivity contribution in [1.29, 1.82) is 0 Å². The number of rotatable bonds is 3. The minimum Gasteiger partial charge on any atom is -0.396 e. The van der Waals surface area contributed by atoms with Gasteiger partial charge in [-0.1, -0.05) is 41.0 Å². The molecule has 0 aromatic heterocycles. The predicted molar refractivity (Wildman–Crippen MR) is 100 cm³/mol. The van der Waals surface area contributed by atoms with E-state index in [1.54, 1.807) is 0 Å². The first-order chi connectivity index (χ1) is 11.7. The third-order valence-electron chi connectivity index (χ3n) is 9.30. The Balaban J connectivity index is 2.20. The zero-order valence-electron chi connectivity index (χ0n) is 16.8. The maximum atomic E-state index is 13.5. The van der Waals surface area contributed by atoms with Crippen molar-refractivity contribution in [2.75, 3.05) is 6.61 Å². The summed E-state index contributed by atoms with van der Waals surface area (Å²) in [6.07, 6.45) is 6.21. The molecule has 3 aliphatic rings. The van der Waals surface area contributed by atoms with Crippen molar-refractivity contribution in [3.05, 3.63) is 0 Å². The van der Waals surface area contributed by atoms with Gasteiger partial charge in [-0.05, 0) is 61.7 Å². The molecular weight excluding hydrogens is 312 g/mol. The van der Waals surface area contributed by atoms with Gasteiger partial charge in [0.1, 0.15) is 5.78 Å². The van der Waals surface area contributed by atoms with Gasteiger partial charge in [0.2, 0.25) is 0 Å². The minimum atomic E-state index is -0.462. The first-order valence-corrected chi connectivity index (χ1v) is 10.5. The molecule has 2 unspecified atom stereocenters. The van der Waals surface area contributed by atoms with E-state index in [4.69, 9.17) is 0 Å². The molecule has 3 aliphatic carbocycles. The van der Waals surface area contributed by atoms with E-state index in [0.717, 1.165) is 38.5 Å². The molecule has 0 aromatic carbocycles. The van der Waals surface area contributed by atoms with Crippen molar-refractivity contribution >= 4 is 5.78 Å². The third-order valence-corrected chi connectivity index (χ3v) is 9.30.